The van der Waals surface area contributed by atoms with Gasteiger partial charge in [0, 0.05) is 23.8 Å². The van der Waals surface area contributed by atoms with Crippen LogP contribution in [-0.2, 0) is 0 Å². The molecule has 3 rings (SSSR count). The molecule has 27 heavy (non-hydrogen) atoms. The second kappa shape index (κ2) is 7.58. The Kier molecular flexibility index (Phi) is 5.21. The molecular formula is C16H11F3N4O3S. The van der Waals surface area contributed by atoms with Crippen molar-refractivity contribution in [3.63, 3.8) is 0 Å². The Balaban J connectivity index is 1.77. The number of methoxy groups -OCH3 is 1. The van der Waals surface area contributed by atoms with Gasteiger partial charge in [0.05, 0.1) is 12.7 Å². The van der Waals surface area contributed by atoms with E-state index in [1.807, 2.05) is 0 Å². The molecule has 0 fully saturated rings. The summed E-state index contributed by atoms with van der Waals surface area (Å²) in [4.78, 5) is 20.7. The molecule has 2 aromatic heterocycles. The molecule has 0 aliphatic carbocycles. The normalized spacial score (nSPS) is 11.1. The van der Waals surface area contributed by atoms with Crippen molar-refractivity contribution in [3.8, 4) is 23.0 Å². The van der Waals surface area contributed by atoms with Gasteiger partial charge in [-0.05, 0) is 24.3 Å². The minimum atomic E-state index is -4.84. The number of ether oxygens (including phenoxy) is 2. The Morgan fingerprint density at radius 1 is 1.22 bits per heavy atom. The molecule has 0 aliphatic rings. The Hall–Kier alpha value is -3.21. The maximum atomic E-state index is 12.4. The van der Waals surface area contributed by atoms with Crippen LogP contribution in [0.15, 0.2) is 42.6 Å². The lowest BCUT2D eigenvalue weighted by Crippen LogP contribution is -2.18. The molecule has 0 saturated carbocycles. The average Bonchev–Trinajstić information content (AvgIpc) is 3.09. The molecule has 2 heterocycles. The van der Waals surface area contributed by atoms with Crippen LogP contribution in [0, 0.1) is 0 Å². The summed E-state index contributed by atoms with van der Waals surface area (Å²) in [6.07, 6.45) is -3.26. The summed E-state index contributed by atoms with van der Waals surface area (Å²) in [5.74, 6) is -0.848. The second-order valence-corrected chi connectivity index (χ2v) is 5.75. The lowest BCUT2D eigenvalue weighted by Gasteiger charge is -2.12. The number of anilines is 1. The fraction of sp³-hybridized carbons (Fsp3) is 0.125. The maximum Gasteiger partial charge on any atom is 0.573 e. The van der Waals surface area contributed by atoms with E-state index in [-0.39, 0.29) is 16.4 Å². The Morgan fingerprint density at radius 3 is 2.70 bits per heavy atom. The third-order valence-corrected chi connectivity index (χ3v) is 3.82. The summed E-state index contributed by atoms with van der Waals surface area (Å²) in [7, 11) is 1.23. The maximum absolute atomic E-state index is 12.4. The first-order valence-electron chi connectivity index (χ1n) is 7.36. The summed E-state index contributed by atoms with van der Waals surface area (Å²) < 4.78 is 49.8. The number of alkyl halides is 3. The van der Waals surface area contributed by atoms with Gasteiger partial charge in [-0.15, -0.1) is 13.2 Å². The third kappa shape index (κ3) is 4.70. The van der Waals surface area contributed by atoms with Crippen LogP contribution in [0.25, 0.3) is 11.5 Å². The molecule has 1 amide bonds. The average molecular weight is 396 g/mol. The highest BCUT2D eigenvalue weighted by Crippen LogP contribution is 2.30. The number of carbonyl (C=O) groups excluding carboxylic acids is 1. The standard InChI is InChI=1S/C16H11F3N4O3S/c1-25-12-8-9(26-16(17,18)19)5-6-10(12)14(24)22-15-21-13(23-27-15)11-4-2-3-7-20-11/h2-8H,1H3,(H,21,22,23,24). The van der Waals surface area contributed by atoms with Crippen molar-refractivity contribution in [2.45, 2.75) is 6.36 Å². The highest BCUT2D eigenvalue weighted by atomic mass is 32.1. The van der Waals surface area contributed by atoms with Gasteiger partial charge in [0.25, 0.3) is 5.91 Å². The number of nitrogens with zero attached hydrogens (tertiary/aromatic N) is 3. The number of halogens is 3. The number of pyridine rings is 1. The van der Waals surface area contributed by atoms with Crippen LogP contribution in [-0.4, -0.2) is 33.7 Å². The Morgan fingerprint density at radius 2 is 2.04 bits per heavy atom. The number of amides is 1. The Bertz CT molecular complexity index is 948. The zero-order chi connectivity index (χ0) is 19.4. The van der Waals surface area contributed by atoms with Gasteiger partial charge in [0.1, 0.15) is 17.2 Å². The van der Waals surface area contributed by atoms with Gasteiger partial charge in [-0.2, -0.15) is 9.36 Å². The van der Waals surface area contributed by atoms with Crippen LogP contribution in [0.2, 0.25) is 0 Å². The molecule has 140 valence electrons. The summed E-state index contributed by atoms with van der Waals surface area (Å²) in [6.45, 7) is 0. The first-order valence-corrected chi connectivity index (χ1v) is 8.13. The van der Waals surface area contributed by atoms with Crippen molar-refractivity contribution in [1.29, 1.82) is 0 Å². The van der Waals surface area contributed by atoms with Gasteiger partial charge in [-0.25, -0.2) is 0 Å². The van der Waals surface area contributed by atoms with E-state index >= 15 is 0 Å². The minimum Gasteiger partial charge on any atom is -0.496 e. The van der Waals surface area contributed by atoms with Crippen molar-refractivity contribution in [3.05, 3.63) is 48.2 Å². The Labute approximate surface area is 155 Å². The highest BCUT2D eigenvalue weighted by Gasteiger charge is 2.31. The van der Waals surface area contributed by atoms with E-state index in [1.165, 1.54) is 7.11 Å². The monoisotopic (exact) mass is 396 g/mol. The first kappa shape index (κ1) is 18.6. The van der Waals surface area contributed by atoms with Crippen molar-refractivity contribution in [2.75, 3.05) is 12.4 Å². The molecule has 0 radical (unpaired) electrons. The fourth-order valence-electron chi connectivity index (χ4n) is 2.09. The van der Waals surface area contributed by atoms with Gasteiger partial charge in [0.15, 0.2) is 5.82 Å². The molecule has 11 heteroatoms. The molecule has 1 N–H and O–H groups in total. The molecule has 3 aromatic rings. The van der Waals surface area contributed by atoms with Gasteiger partial charge >= 0.3 is 6.36 Å². The molecule has 0 saturated heterocycles. The van der Waals surface area contributed by atoms with E-state index in [9.17, 15) is 18.0 Å². The molecule has 7 nitrogen and oxygen atoms in total. The van der Waals surface area contributed by atoms with E-state index in [0.29, 0.717) is 11.5 Å². The fourth-order valence-corrected chi connectivity index (χ4v) is 2.67. The van der Waals surface area contributed by atoms with Crippen molar-refractivity contribution >= 4 is 22.6 Å². The van der Waals surface area contributed by atoms with E-state index < -0.39 is 18.0 Å². The molecule has 0 aliphatic heterocycles. The molecule has 0 atom stereocenters. The number of hydrogen-bond acceptors (Lipinski definition) is 7. The summed E-state index contributed by atoms with van der Waals surface area (Å²) >= 11 is 0.945. The number of hydrogen-bond donors (Lipinski definition) is 1. The number of aromatic nitrogens is 3. The van der Waals surface area contributed by atoms with Crippen molar-refractivity contribution in [1.82, 2.24) is 14.3 Å². The minimum absolute atomic E-state index is 0.0154. The zero-order valence-electron chi connectivity index (χ0n) is 13.6. The quantitative estimate of drug-likeness (QED) is 0.707. The summed E-state index contributed by atoms with van der Waals surface area (Å²) in [5.41, 5.74) is 0.557. The van der Waals surface area contributed by atoms with Gasteiger partial charge in [-0.3, -0.25) is 15.1 Å². The summed E-state index contributed by atoms with van der Waals surface area (Å²) in [5, 5.41) is 2.73. The third-order valence-electron chi connectivity index (χ3n) is 3.19. The number of rotatable bonds is 5. The zero-order valence-corrected chi connectivity index (χ0v) is 14.5. The van der Waals surface area contributed by atoms with E-state index in [2.05, 4.69) is 24.4 Å². The number of nitrogens with one attached hydrogen (secondary N) is 1. The lowest BCUT2D eigenvalue weighted by molar-refractivity contribution is -0.274. The lowest BCUT2D eigenvalue weighted by atomic mass is 10.2. The van der Waals surface area contributed by atoms with Gasteiger partial charge < -0.3 is 9.47 Å². The van der Waals surface area contributed by atoms with Crippen LogP contribution >= 0.6 is 11.5 Å². The topological polar surface area (TPSA) is 86.2 Å². The van der Waals surface area contributed by atoms with Crippen LogP contribution in [0.3, 0.4) is 0 Å². The van der Waals surface area contributed by atoms with Crippen LogP contribution in [0.1, 0.15) is 10.4 Å². The summed E-state index contributed by atoms with van der Waals surface area (Å²) in [6, 6.07) is 8.40. The first-order chi connectivity index (χ1) is 12.9. The molecule has 0 bridgehead atoms. The van der Waals surface area contributed by atoms with E-state index in [1.54, 1.807) is 24.4 Å². The van der Waals surface area contributed by atoms with Crippen LogP contribution in [0.4, 0.5) is 18.3 Å². The second-order valence-electron chi connectivity index (χ2n) is 5.00. The highest BCUT2D eigenvalue weighted by molar-refractivity contribution is 7.10. The molecular weight excluding hydrogens is 385 g/mol. The van der Waals surface area contributed by atoms with E-state index in [4.69, 9.17) is 4.74 Å². The number of carbonyl (C=O) groups is 1. The molecule has 1 aromatic carbocycles. The SMILES string of the molecule is COc1cc(OC(F)(F)F)ccc1C(=O)Nc1nc(-c2ccccn2)ns1. The number of benzene rings is 1. The van der Waals surface area contributed by atoms with Gasteiger partial charge in [0.2, 0.25) is 5.13 Å². The van der Waals surface area contributed by atoms with Crippen molar-refractivity contribution in [2.24, 2.45) is 0 Å². The predicted molar refractivity (Wildman–Crippen MR) is 90.8 cm³/mol. The van der Waals surface area contributed by atoms with Crippen LogP contribution in [0.5, 0.6) is 11.5 Å². The van der Waals surface area contributed by atoms with E-state index in [0.717, 1.165) is 29.7 Å². The van der Waals surface area contributed by atoms with Crippen LogP contribution < -0.4 is 14.8 Å². The molecule has 0 unspecified atom stereocenters. The predicted octanol–water partition coefficient (Wildman–Crippen LogP) is 3.76. The largest absolute Gasteiger partial charge is 0.573 e. The van der Waals surface area contributed by atoms with Gasteiger partial charge in [-0.1, -0.05) is 6.07 Å². The smallest absolute Gasteiger partial charge is 0.496 e. The molecule has 0 spiro atoms. The van der Waals surface area contributed by atoms with Crippen molar-refractivity contribution < 1.29 is 27.4 Å².